The van der Waals surface area contributed by atoms with Gasteiger partial charge in [-0.3, -0.25) is 0 Å². The van der Waals surface area contributed by atoms with Crippen LogP contribution in [0.4, 0.5) is 0 Å². The van der Waals surface area contributed by atoms with Crippen LogP contribution in [0.2, 0.25) is 0 Å². The maximum Gasteiger partial charge on any atom is 0.00699 e. The van der Waals surface area contributed by atoms with Gasteiger partial charge in [-0.05, 0) is 69.5 Å². The number of rotatable bonds is 5. The Morgan fingerprint density at radius 1 is 1.20 bits per heavy atom. The Kier molecular flexibility index (Phi) is 5.92. The van der Waals surface area contributed by atoms with E-state index in [-0.39, 0.29) is 0 Å². The largest absolute Gasteiger partial charge is 0.313 e. The van der Waals surface area contributed by atoms with E-state index in [0.717, 1.165) is 17.9 Å². The van der Waals surface area contributed by atoms with Crippen LogP contribution < -0.4 is 5.32 Å². The molecule has 0 spiro atoms. The Labute approximate surface area is 126 Å². The lowest BCUT2D eigenvalue weighted by molar-refractivity contribution is 0.127. The van der Waals surface area contributed by atoms with Crippen molar-refractivity contribution in [3.63, 3.8) is 0 Å². The Morgan fingerprint density at radius 2 is 1.90 bits per heavy atom. The minimum atomic E-state index is 0.539. The molecule has 1 N–H and O–H groups in total. The molecule has 2 fully saturated rings. The van der Waals surface area contributed by atoms with Gasteiger partial charge in [-0.2, -0.15) is 0 Å². The topological polar surface area (TPSA) is 15.3 Å². The third-order valence-corrected chi connectivity index (χ3v) is 5.60. The second-order valence-corrected chi connectivity index (χ2v) is 8.35. The molecule has 20 heavy (non-hydrogen) atoms. The van der Waals surface area contributed by atoms with Gasteiger partial charge in [-0.25, -0.2) is 0 Å². The molecule has 1 saturated carbocycles. The first-order valence-corrected chi connectivity index (χ1v) is 8.89. The van der Waals surface area contributed by atoms with E-state index in [1.807, 2.05) is 0 Å². The van der Waals surface area contributed by atoms with E-state index in [0.29, 0.717) is 5.41 Å². The van der Waals surface area contributed by atoms with Gasteiger partial charge in [0.2, 0.25) is 0 Å². The molecular formula is C18H36N2. The van der Waals surface area contributed by atoms with Crippen LogP contribution in [0.3, 0.4) is 0 Å². The summed E-state index contributed by atoms with van der Waals surface area (Å²) < 4.78 is 0. The molecule has 0 amide bonds. The van der Waals surface area contributed by atoms with Crippen molar-refractivity contribution in [2.45, 2.75) is 71.8 Å². The van der Waals surface area contributed by atoms with Gasteiger partial charge in [-0.1, -0.05) is 33.6 Å². The number of nitrogens with zero attached hydrogens (tertiary/aromatic N) is 1. The fourth-order valence-electron chi connectivity index (χ4n) is 4.08. The summed E-state index contributed by atoms with van der Waals surface area (Å²) in [6, 6.07) is 0.795. The Hall–Kier alpha value is -0.0800. The number of piperidine rings is 1. The summed E-state index contributed by atoms with van der Waals surface area (Å²) in [5, 5.41) is 3.93. The van der Waals surface area contributed by atoms with Crippen LogP contribution in [-0.2, 0) is 0 Å². The molecule has 118 valence electrons. The van der Waals surface area contributed by atoms with Crippen molar-refractivity contribution in [1.82, 2.24) is 10.2 Å². The molecule has 1 heterocycles. The lowest BCUT2D eigenvalue weighted by Crippen LogP contribution is -2.45. The van der Waals surface area contributed by atoms with Crippen LogP contribution >= 0.6 is 0 Å². The third kappa shape index (κ3) is 5.04. The molecule has 1 saturated heterocycles. The Morgan fingerprint density at radius 3 is 2.55 bits per heavy atom. The molecule has 0 aromatic rings. The van der Waals surface area contributed by atoms with Crippen molar-refractivity contribution in [2.24, 2.45) is 17.3 Å². The zero-order valence-electron chi connectivity index (χ0n) is 14.3. The van der Waals surface area contributed by atoms with Gasteiger partial charge in [0, 0.05) is 12.6 Å². The summed E-state index contributed by atoms with van der Waals surface area (Å²) in [6.45, 7) is 11.0. The SMILES string of the molecule is CC(C)CC1CCCC(NCC2(C)CCN(C)CC2)C1. The van der Waals surface area contributed by atoms with Crippen molar-refractivity contribution < 1.29 is 0 Å². The van der Waals surface area contributed by atoms with Gasteiger partial charge in [0.05, 0.1) is 0 Å². The maximum absolute atomic E-state index is 3.93. The Bertz CT molecular complexity index is 279. The third-order valence-electron chi connectivity index (χ3n) is 5.60. The highest BCUT2D eigenvalue weighted by Gasteiger charge is 2.30. The molecule has 0 bridgehead atoms. The lowest BCUT2D eigenvalue weighted by Gasteiger charge is -2.40. The fraction of sp³-hybridized carbons (Fsp3) is 1.00. The van der Waals surface area contributed by atoms with Crippen molar-refractivity contribution in [2.75, 3.05) is 26.7 Å². The second-order valence-electron chi connectivity index (χ2n) is 8.35. The number of hydrogen-bond acceptors (Lipinski definition) is 2. The normalized spacial score (nSPS) is 31.6. The molecule has 0 aromatic carbocycles. The average molecular weight is 280 g/mol. The van der Waals surface area contributed by atoms with Crippen LogP contribution in [-0.4, -0.2) is 37.6 Å². The minimum absolute atomic E-state index is 0.539. The molecule has 0 radical (unpaired) electrons. The molecule has 2 unspecified atom stereocenters. The van der Waals surface area contributed by atoms with Crippen LogP contribution in [0.5, 0.6) is 0 Å². The standard InChI is InChI=1S/C18H36N2/c1-15(2)12-16-6-5-7-17(13-16)19-14-18(3)8-10-20(4)11-9-18/h15-17,19H,5-14H2,1-4H3. The van der Waals surface area contributed by atoms with Crippen LogP contribution in [0.1, 0.15) is 65.7 Å². The highest BCUT2D eigenvalue weighted by molar-refractivity contribution is 4.86. The van der Waals surface area contributed by atoms with Crippen molar-refractivity contribution in [3.05, 3.63) is 0 Å². The van der Waals surface area contributed by atoms with E-state index in [1.54, 1.807) is 0 Å². The van der Waals surface area contributed by atoms with E-state index in [9.17, 15) is 0 Å². The van der Waals surface area contributed by atoms with E-state index in [1.165, 1.54) is 64.6 Å². The monoisotopic (exact) mass is 280 g/mol. The number of nitrogens with one attached hydrogen (secondary N) is 1. The summed E-state index contributed by atoms with van der Waals surface area (Å²) in [5.74, 6) is 1.84. The predicted octanol–water partition coefficient (Wildman–Crippen LogP) is 3.91. The molecule has 2 nitrogen and oxygen atoms in total. The van der Waals surface area contributed by atoms with Gasteiger partial charge < -0.3 is 10.2 Å². The maximum atomic E-state index is 3.93. The summed E-state index contributed by atoms with van der Waals surface area (Å²) in [6.07, 6.45) is 9.89. The van der Waals surface area contributed by atoms with Gasteiger partial charge in [-0.15, -0.1) is 0 Å². The van der Waals surface area contributed by atoms with Crippen molar-refractivity contribution >= 4 is 0 Å². The number of hydrogen-bond donors (Lipinski definition) is 1. The zero-order chi connectivity index (χ0) is 14.6. The summed E-state index contributed by atoms with van der Waals surface area (Å²) in [4.78, 5) is 2.47. The smallest absolute Gasteiger partial charge is 0.00699 e. The highest BCUT2D eigenvalue weighted by atomic mass is 15.1. The first-order valence-electron chi connectivity index (χ1n) is 8.89. The molecule has 2 heteroatoms. The summed E-state index contributed by atoms with van der Waals surface area (Å²) in [5.41, 5.74) is 0.539. The number of likely N-dealkylation sites (tertiary alicyclic amines) is 1. The average Bonchev–Trinajstić information content (AvgIpc) is 2.40. The molecular weight excluding hydrogens is 244 g/mol. The predicted molar refractivity (Wildman–Crippen MR) is 88.0 cm³/mol. The zero-order valence-corrected chi connectivity index (χ0v) is 14.3. The first-order chi connectivity index (χ1) is 9.47. The van der Waals surface area contributed by atoms with E-state index in [4.69, 9.17) is 0 Å². The van der Waals surface area contributed by atoms with Gasteiger partial charge in [0.15, 0.2) is 0 Å². The lowest BCUT2D eigenvalue weighted by atomic mass is 9.78. The molecule has 1 aliphatic carbocycles. The molecule has 1 aliphatic heterocycles. The van der Waals surface area contributed by atoms with Crippen molar-refractivity contribution in [3.8, 4) is 0 Å². The molecule has 2 aliphatic rings. The fourth-order valence-corrected chi connectivity index (χ4v) is 4.08. The molecule has 2 rings (SSSR count). The van der Waals surface area contributed by atoms with Gasteiger partial charge >= 0.3 is 0 Å². The van der Waals surface area contributed by atoms with E-state index >= 15 is 0 Å². The summed E-state index contributed by atoms with van der Waals surface area (Å²) in [7, 11) is 2.25. The van der Waals surface area contributed by atoms with Crippen LogP contribution in [0.15, 0.2) is 0 Å². The molecule has 2 atom stereocenters. The van der Waals surface area contributed by atoms with Crippen LogP contribution in [0, 0.1) is 17.3 Å². The highest BCUT2D eigenvalue weighted by Crippen LogP contribution is 2.32. The quantitative estimate of drug-likeness (QED) is 0.821. The van der Waals surface area contributed by atoms with E-state index in [2.05, 4.69) is 38.0 Å². The van der Waals surface area contributed by atoms with Gasteiger partial charge in [0.1, 0.15) is 0 Å². The first kappa shape index (κ1) is 16.3. The summed E-state index contributed by atoms with van der Waals surface area (Å²) >= 11 is 0. The van der Waals surface area contributed by atoms with Crippen LogP contribution in [0.25, 0.3) is 0 Å². The van der Waals surface area contributed by atoms with Gasteiger partial charge in [0.25, 0.3) is 0 Å². The van der Waals surface area contributed by atoms with Crippen molar-refractivity contribution in [1.29, 1.82) is 0 Å². The molecule has 0 aromatic heterocycles. The minimum Gasteiger partial charge on any atom is -0.313 e. The second kappa shape index (κ2) is 7.26. The Balaban J connectivity index is 1.73. The van der Waals surface area contributed by atoms with E-state index < -0.39 is 0 Å².